The van der Waals surface area contributed by atoms with Crippen molar-refractivity contribution in [1.82, 2.24) is 5.32 Å². The number of nitrogens with zero attached hydrogens (tertiary/aromatic N) is 1. The van der Waals surface area contributed by atoms with E-state index in [9.17, 15) is 14.9 Å². The molecule has 0 aliphatic carbocycles. The molecule has 0 saturated heterocycles. The van der Waals surface area contributed by atoms with Crippen LogP contribution < -0.4 is 11.1 Å². The van der Waals surface area contributed by atoms with Gasteiger partial charge in [0.05, 0.1) is 21.2 Å². The second-order valence-corrected chi connectivity index (χ2v) is 5.24. The minimum Gasteiger partial charge on any atom is -0.397 e. The summed E-state index contributed by atoms with van der Waals surface area (Å²) in [5.74, 6) is -0.477. The quantitative estimate of drug-likeness (QED) is 0.505. The maximum Gasteiger partial charge on any atom is 0.271 e. The van der Waals surface area contributed by atoms with E-state index in [1.807, 2.05) is 20.8 Å². The number of carbonyl (C=O) groups is 1. The summed E-state index contributed by atoms with van der Waals surface area (Å²) < 4.78 is 0. The predicted molar refractivity (Wildman–Crippen MR) is 74.4 cm³/mol. The van der Waals surface area contributed by atoms with Gasteiger partial charge < -0.3 is 11.1 Å². The number of nitrogen functional groups attached to an aromatic ring is 1. The molecule has 0 atom stereocenters. The summed E-state index contributed by atoms with van der Waals surface area (Å²) in [6.45, 7) is 5.62. The zero-order valence-electron chi connectivity index (χ0n) is 11.0. The molecular formula is C12H16ClN3O3. The molecule has 1 aromatic rings. The first-order valence-corrected chi connectivity index (χ1v) is 6.11. The van der Waals surface area contributed by atoms with Crippen molar-refractivity contribution in [2.24, 2.45) is 0 Å². The molecule has 104 valence electrons. The van der Waals surface area contributed by atoms with Gasteiger partial charge in [0.15, 0.2) is 0 Å². The van der Waals surface area contributed by atoms with Crippen molar-refractivity contribution in [3.05, 3.63) is 32.8 Å². The number of rotatable bonds is 4. The topological polar surface area (TPSA) is 98.3 Å². The fourth-order valence-corrected chi connectivity index (χ4v) is 1.57. The van der Waals surface area contributed by atoms with Gasteiger partial charge >= 0.3 is 0 Å². The third-order valence-electron chi connectivity index (χ3n) is 2.91. The van der Waals surface area contributed by atoms with E-state index in [2.05, 4.69) is 5.32 Å². The first kappa shape index (κ1) is 15.2. The predicted octanol–water partition coefficient (Wildman–Crippen LogP) is 2.75. The van der Waals surface area contributed by atoms with E-state index in [4.69, 9.17) is 17.3 Å². The molecule has 1 rings (SSSR count). The molecule has 0 bridgehead atoms. The van der Waals surface area contributed by atoms with E-state index < -0.39 is 16.4 Å². The van der Waals surface area contributed by atoms with Crippen LogP contribution in [0.2, 0.25) is 5.02 Å². The van der Waals surface area contributed by atoms with Gasteiger partial charge in [-0.25, -0.2) is 0 Å². The van der Waals surface area contributed by atoms with Crippen LogP contribution in [0, 0.1) is 10.1 Å². The van der Waals surface area contributed by atoms with Crippen LogP contribution in [0.5, 0.6) is 0 Å². The van der Waals surface area contributed by atoms with E-state index >= 15 is 0 Å². The van der Waals surface area contributed by atoms with Gasteiger partial charge in [-0.3, -0.25) is 14.9 Å². The highest BCUT2D eigenvalue weighted by atomic mass is 35.5. The Bertz CT molecular complexity index is 529. The van der Waals surface area contributed by atoms with Crippen LogP contribution in [0.1, 0.15) is 37.6 Å². The molecule has 0 heterocycles. The Morgan fingerprint density at radius 2 is 2.11 bits per heavy atom. The van der Waals surface area contributed by atoms with E-state index in [-0.39, 0.29) is 22.0 Å². The highest BCUT2D eigenvalue weighted by Gasteiger charge is 2.23. The van der Waals surface area contributed by atoms with Crippen LogP contribution in [0.4, 0.5) is 11.4 Å². The van der Waals surface area contributed by atoms with Crippen molar-refractivity contribution >= 4 is 28.9 Å². The van der Waals surface area contributed by atoms with Crippen LogP contribution in [0.3, 0.4) is 0 Å². The molecule has 0 spiro atoms. The number of benzene rings is 1. The van der Waals surface area contributed by atoms with Crippen LogP contribution in [0.15, 0.2) is 12.1 Å². The van der Waals surface area contributed by atoms with Gasteiger partial charge in [-0.15, -0.1) is 0 Å². The summed E-state index contributed by atoms with van der Waals surface area (Å²) >= 11 is 5.80. The van der Waals surface area contributed by atoms with Crippen LogP contribution in [0.25, 0.3) is 0 Å². The lowest BCUT2D eigenvalue weighted by Gasteiger charge is -2.24. The van der Waals surface area contributed by atoms with Crippen molar-refractivity contribution in [3.8, 4) is 0 Å². The van der Waals surface area contributed by atoms with E-state index in [0.717, 1.165) is 12.1 Å². The summed E-state index contributed by atoms with van der Waals surface area (Å²) in [4.78, 5) is 22.2. The minimum atomic E-state index is -0.618. The smallest absolute Gasteiger partial charge is 0.271 e. The Morgan fingerprint density at radius 3 is 2.58 bits per heavy atom. The third kappa shape index (κ3) is 3.57. The average molecular weight is 286 g/mol. The lowest BCUT2D eigenvalue weighted by atomic mass is 10.0. The molecule has 3 N–H and O–H groups in total. The maximum absolute atomic E-state index is 12.1. The number of amides is 1. The number of nitro benzene ring substituents is 1. The normalized spacial score (nSPS) is 11.2. The molecule has 0 aliphatic heterocycles. The van der Waals surface area contributed by atoms with Crippen LogP contribution in [-0.2, 0) is 0 Å². The summed E-state index contributed by atoms with van der Waals surface area (Å²) in [5.41, 5.74) is 5.06. The molecule has 0 aliphatic rings. The molecule has 0 fully saturated rings. The van der Waals surface area contributed by atoms with Gasteiger partial charge in [0.1, 0.15) is 0 Å². The second kappa shape index (κ2) is 5.44. The van der Waals surface area contributed by atoms with Crippen molar-refractivity contribution in [2.45, 2.75) is 32.7 Å². The standard InChI is InChI=1S/C12H16ClN3O3/c1-4-12(2,3)15-11(17)8-5-7(16(18)19)6-9(13)10(8)14/h5-6H,4,14H2,1-3H3,(H,15,17). The highest BCUT2D eigenvalue weighted by molar-refractivity contribution is 6.34. The number of carbonyl (C=O) groups excluding carboxylic acids is 1. The van der Waals surface area contributed by atoms with Gasteiger partial charge in [-0.1, -0.05) is 18.5 Å². The minimum absolute atomic E-state index is 0.00588. The monoisotopic (exact) mass is 285 g/mol. The molecule has 0 radical (unpaired) electrons. The number of anilines is 1. The largest absolute Gasteiger partial charge is 0.397 e. The van der Waals surface area contributed by atoms with Crippen molar-refractivity contribution in [3.63, 3.8) is 0 Å². The Morgan fingerprint density at radius 1 is 1.53 bits per heavy atom. The number of nitrogens with two attached hydrogens (primary N) is 1. The zero-order chi connectivity index (χ0) is 14.8. The molecule has 1 amide bonds. The van der Waals surface area contributed by atoms with Gasteiger partial charge in [0.25, 0.3) is 11.6 Å². The van der Waals surface area contributed by atoms with Crippen molar-refractivity contribution in [1.29, 1.82) is 0 Å². The highest BCUT2D eigenvalue weighted by Crippen LogP contribution is 2.29. The van der Waals surface area contributed by atoms with Crippen LogP contribution in [-0.4, -0.2) is 16.4 Å². The number of hydrogen-bond acceptors (Lipinski definition) is 4. The Kier molecular flexibility index (Phi) is 4.36. The number of nitro groups is 1. The molecule has 1 aromatic carbocycles. The fourth-order valence-electron chi connectivity index (χ4n) is 1.36. The van der Waals surface area contributed by atoms with E-state index in [1.54, 1.807) is 0 Å². The molecule has 0 saturated carbocycles. The Labute approximate surface area is 116 Å². The average Bonchev–Trinajstić information content (AvgIpc) is 2.31. The summed E-state index contributed by atoms with van der Waals surface area (Å²) in [7, 11) is 0. The third-order valence-corrected chi connectivity index (χ3v) is 3.22. The maximum atomic E-state index is 12.1. The number of non-ortho nitro benzene ring substituents is 1. The molecular weight excluding hydrogens is 270 g/mol. The number of hydrogen-bond donors (Lipinski definition) is 2. The first-order chi connectivity index (χ1) is 8.68. The summed E-state index contributed by atoms with van der Waals surface area (Å²) in [6, 6.07) is 2.25. The first-order valence-electron chi connectivity index (χ1n) is 5.74. The Balaban J connectivity index is 3.19. The summed E-state index contributed by atoms with van der Waals surface area (Å²) in [6.07, 6.45) is 0.710. The second-order valence-electron chi connectivity index (χ2n) is 4.84. The van der Waals surface area contributed by atoms with Crippen molar-refractivity contribution < 1.29 is 9.72 Å². The fraction of sp³-hybridized carbons (Fsp3) is 0.417. The number of halogens is 1. The lowest BCUT2D eigenvalue weighted by molar-refractivity contribution is -0.384. The Hall–Kier alpha value is -1.82. The lowest BCUT2D eigenvalue weighted by Crippen LogP contribution is -2.43. The molecule has 7 heteroatoms. The number of nitrogens with one attached hydrogen (secondary N) is 1. The van der Waals surface area contributed by atoms with Crippen molar-refractivity contribution in [2.75, 3.05) is 5.73 Å². The SMILES string of the molecule is CCC(C)(C)NC(=O)c1cc([N+](=O)[O-])cc(Cl)c1N. The molecule has 0 unspecified atom stereocenters. The van der Waals surface area contributed by atoms with Crippen LogP contribution >= 0.6 is 11.6 Å². The van der Waals surface area contributed by atoms with Gasteiger partial charge in [0.2, 0.25) is 0 Å². The molecule has 0 aromatic heterocycles. The van der Waals surface area contributed by atoms with E-state index in [1.165, 1.54) is 0 Å². The van der Waals surface area contributed by atoms with Gasteiger partial charge in [-0.2, -0.15) is 0 Å². The van der Waals surface area contributed by atoms with Gasteiger partial charge in [0, 0.05) is 17.7 Å². The summed E-state index contributed by atoms with van der Waals surface area (Å²) in [5, 5.41) is 13.5. The molecule has 19 heavy (non-hydrogen) atoms. The van der Waals surface area contributed by atoms with Gasteiger partial charge in [-0.05, 0) is 20.3 Å². The van der Waals surface area contributed by atoms with E-state index in [0.29, 0.717) is 6.42 Å². The molecule has 6 nitrogen and oxygen atoms in total. The zero-order valence-corrected chi connectivity index (χ0v) is 11.7.